The first-order valence-corrected chi connectivity index (χ1v) is 9.30. The molecule has 2 aromatic carbocycles. The standard InChI is InChI=1S/C21H19F6NO3/c1-19(30,14-4-2-12(22)8-17(14)24)10-18(29)28-20(6-7-20)15-9-13(3-5-16(15)23)31-11-21(25,26)27/h2-5,8-9,30H,6-7,10-11H2,1H3,(H,28,29). The molecule has 1 aliphatic rings. The lowest BCUT2D eigenvalue weighted by molar-refractivity contribution is -0.153. The van der Waals surface area contributed by atoms with Crippen LogP contribution in [0.4, 0.5) is 26.3 Å². The van der Waals surface area contributed by atoms with Crippen molar-refractivity contribution in [2.24, 2.45) is 0 Å². The predicted molar refractivity (Wildman–Crippen MR) is 97.6 cm³/mol. The number of carbonyl (C=O) groups is 1. The van der Waals surface area contributed by atoms with Crippen molar-refractivity contribution in [2.75, 3.05) is 6.61 Å². The number of hydrogen-bond donors (Lipinski definition) is 2. The molecule has 1 aliphatic carbocycles. The Morgan fingerprint density at radius 3 is 2.35 bits per heavy atom. The molecule has 10 heteroatoms. The molecule has 168 valence electrons. The third-order valence-electron chi connectivity index (χ3n) is 5.00. The third-order valence-corrected chi connectivity index (χ3v) is 5.00. The van der Waals surface area contributed by atoms with Crippen molar-refractivity contribution < 1.29 is 41.0 Å². The van der Waals surface area contributed by atoms with Gasteiger partial charge < -0.3 is 15.2 Å². The number of rotatable bonds is 7. The minimum absolute atomic E-state index is 0.0480. The number of benzene rings is 2. The van der Waals surface area contributed by atoms with E-state index >= 15 is 0 Å². The zero-order chi connectivity index (χ0) is 23.0. The second-order valence-corrected chi connectivity index (χ2v) is 7.75. The molecule has 2 aromatic rings. The van der Waals surface area contributed by atoms with Gasteiger partial charge in [0.05, 0.1) is 17.6 Å². The van der Waals surface area contributed by atoms with E-state index in [9.17, 15) is 36.2 Å². The van der Waals surface area contributed by atoms with E-state index in [1.807, 2.05) is 0 Å². The van der Waals surface area contributed by atoms with Gasteiger partial charge in [-0.3, -0.25) is 4.79 Å². The van der Waals surface area contributed by atoms with Gasteiger partial charge in [-0.1, -0.05) is 6.07 Å². The highest BCUT2D eigenvalue weighted by atomic mass is 19.4. The molecule has 0 aromatic heterocycles. The van der Waals surface area contributed by atoms with E-state index < -0.39 is 53.7 Å². The number of alkyl halides is 3. The van der Waals surface area contributed by atoms with Crippen LogP contribution in [-0.4, -0.2) is 23.8 Å². The monoisotopic (exact) mass is 447 g/mol. The maximum absolute atomic E-state index is 14.4. The van der Waals surface area contributed by atoms with Crippen LogP contribution in [0.25, 0.3) is 0 Å². The molecule has 0 saturated heterocycles. The molecule has 1 atom stereocenters. The van der Waals surface area contributed by atoms with Gasteiger partial charge in [0, 0.05) is 17.2 Å². The van der Waals surface area contributed by atoms with Crippen molar-refractivity contribution in [2.45, 2.75) is 43.5 Å². The molecule has 0 spiro atoms. The average molecular weight is 447 g/mol. The second kappa shape index (κ2) is 8.07. The van der Waals surface area contributed by atoms with Gasteiger partial charge in [-0.2, -0.15) is 13.2 Å². The fraction of sp³-hybridized carbons (Fsp3) is 0.381. The molecule has 0 heterocycles. The predicted octanol–water partition coefficient (Wildman–Crippen LogP) is 4.45. The minimum atomic E-state index is -4.57. The Hall–Kier alpha value is -2.75. The highest BCUT2D eigenvalue weighted by molar-refractivity contribution is 5.79. The Bertz CT molecular complexity index is 986. The maximum Gasteiger partial charge on any atom is 0.422 e. The van der Waals surface area contributed by atoms with Gasteiger partial charge in [-0.15, -0.1) is 0 Å². The summed E-state index contributed by atoms with van der Waals surface area (Å²) < 4.78 is 83.2. The highest BCUT2D eigenvalue weighted by Crippen LogP contribution is 2.47. The van der Waals surface area contributed by atoms with Crippen molar-refractivity contribution >= 4 is 5.91 Å². The third kappa shape index (κ3) is 5.49. The molecular formula is C21H19F6NO3. The van der Waals surface area contributed by atoms with E-state index in [0.29, 0.717) is 18.9 Å². The second-order valence-electron chi connectivity index (χ2n) is 7.75. The van der Waals surface area contributed by atoms with E-state index in [1.54, 1.807) is 0 Å². The molecule has 1 fully saturated rings. The number of ether oxygens (including phenoxy) is 1. The fourth-order valence-electron chi connectivity index (χ4n) is 3.36. The van der Waals surface area contributed by atoms with Crippen LogP contribution in [0.5, 0.6) is 5.75 Å². The zero-order valence-electron chi connectivity index (χ0n) is 16.3. The van der Waals surface area contributed by atoms with Crippen molar-refractivity contribution in [3.63, 3.8) is 0 Å². The average Bonchev–Trinajstić information content (AvgIpc) is 3.39. The fourth-order valence-corrected chi connectivity index (χ4v) is 3.36. The van der Waals surface area contributed by atoms with Crippen LogP contribution in [0, 0.1) is 17.5 Å². The number of carbonyl (C=O) groups excluding carboxylic acids is 1. The van der Waals surface area contributed by atoms with Gasteiger partial charge >= 0.3 is 6.18 Å². The lowest BCUT2D eigenvalue weighted by Gasteiger charge is -2.26. The number of amides is 1. The van der Waals surface area contributed by atoms with Crippen molar-refractivity contribution in [1.82, 2.24) is 5.32 Å². The van der Waals surface area contributed by atoms with Crippen LogP contribution >= 0.6 is 0 Å². The molecule has 1 unspecified atom stereocenters. The normalized spacial score (nSPS) is 17.0. The SMILES string of the molecule is CC(O)(CC(=O)NC1(c2cc(OCC(F)(F)F)ccc2F)CC1)c1ccc(F)cc1F. The summed E-state index contributed by atoms with van der Waals surface area (Å²) in [7, 11) is 0. The van der Waals surface area contributed by atoms with Crippen LogP contribution in [0.1, 0.15) is 37.3 Å². The van der Waals surface area contributed by atoms with Crippen molar-refractivity contribution in [3.05, 3.63) is 65.0 Å². The van der Waals surface area contributed by atoms with Gasteiger partial charge in [0.2, 0.25) is 5.91 Å². The Morgan fingerprint density at radius 2 is 1.77 bits per heavy atom. The molecule has 0 aliphatic heterocycles. The van der Waals surface area contributed by atoms with Crippen LogP contribution in [0.2, 0.25) is 0 Å². The topological polar surface area (TPSA) is 58.6 Å². The number of aliphatic hydroxyl groups is 1. The number of hydrogen-bond acceptors (Lipinski definition) is 3. The summed E-state index contributed by atoms with van der Waals surface area (Å²) in [6, 6.07) is 5.61. The van der Waals surface area contributed by atoms with Crippen LogP contribution < -0.4 is 10.1 Å². The van der Waals surface area contributed by atoms with Crippen LogP contribution in [0.3, 0.4) is 0 Å². The smallest absolute Gasteiger partial charge is 0.422 e. The lowest BCUT2D eigenvalue weighted by Crippen LogP contribution is -2.39. The quantitative estimate of drug-likeness (QED) is 0.617. The van der Waals surface area contributed by atoms with E-state index in [-0.39, 0.29) is 16.9 Å². The molecule has 1 saturated carbocycles. The van der Waals surface area contributed by atoms with Gasteiger partial charge in [0.25, 0.3) is 0 Å². The zero-order valence-corrected chi connectivity index (χ0v) is 16.3. The van der Waals surface area contributed by atoms with E-state index in [0.717, 1.165) is 30.3 Å². The lowest BCUT2D eigenvalue weighted by atomic mass is 9.91. The first-order chi connectivity index (χ1) is 14.3. The molecule has 31 heavy (non-hydrogen) atoms. The minimum Gasteiger partial charge on any atom is -0.484 e. The molecule has 1 amide bonds. The first kappa shape index (κ1) is 22.9. The summed E-state index contributed by atoms with van der Waals surface area (Å²) in [6.07, 6.45) is -4.55. The van der Waals surface area contributed by atoms with Gasteiger partial charge in [0.1, 0.15) is 23.2 Å². The van der Waals surface area contributed by atoms with Crippen LogP contribution in [0.15, 0.2) is 36.4 Å². The summed E-state index contributed by atoms with van der Waals surface area (Å²) in [5, 5.41) is 13.1. The van der Waals surface area contributed by atoms with Gasteiger partial charge in [0.15, 0.2) is 6.61 Å². The van der Waals surface area contributed by atoms with E-state index in [4.69, 9.17) is 0 Å². The van der Waals surface area contributed by atoms with Gasteiger partial charge in [-0.25, -0.2) is 13.2 Å². The molecule has 0 radical (unpaired) electrons. The number of nitrogens with one attached hydrogen (secondary N) is 1. The molecular weight excluding hydrogens is 428 g/mol. The largest absolute Gasteiger partial charge is 0.484 e. The molecule has 4 nitrogen and oxygen atoms in total. The summed E-state index contributed by atoms with van der Waals surface area (Å²) >= 11 is 0. The van der Waals surface area contributed by atoms with E-state index in [2.05, 4.69) is 10.1 Å². The van der Waals surface area contributed by atoms with Crippen molar-refractivity contribution in [3.8, 4) is 5.75 Å². The van der Waals surface area contributed by atoms with Gasteiger partial charge in [-0.05, 0) is 44.0 Å². The first-order valence-electron chi connectivity index (χ1n) is 9.30. The Balaban J connectivity index is 1.74. The molecule has 3 rings (SSSR count). The van der Waals surface area contributed by atoms with Crippen molar-refractivity contribution in [1.29, 1.82) is 0 Å². The Labute approximate surface area is 173 Å². The summed E-state index contributed by atoms with van der Waals surface area (Å²) in [5.41, 5.74) is -3.49. The van der Waals surface area contributed by atoms with E-state index in [1.165, 1.54) is 6.92 Å². The maximum atomic E-state index is 14.4. The Morgan fingerprint density at radius 1 is 1.10 bits per heavy atom. The highest BCUT2D eigenvalue weighted by Gasteiger charge is 2.48. The molecule has 2 N–H and O–H groups in total. The Kier molecular flexibility index (Phi) is 5.96. The van der Waals surface area contributed by atoms with Crippen LogP contribution in [-0.2, 0) is 15.9 Å². The summed E-state index contributed by atoms with van der Waals surface area (Å²) in [6.45, 7) is -0.377. The number of halogens is 6. The summed E-state index contributed by atoms with van der Waals surface area (Å²) in [4.78, 5) is 12.5. The summed E-state index contributed by atoms with van der Waals surface area (Å²) in [5.74, 6) is -3.57. The molecule has 0 bridgehead atoms.